The van der Waals surface area contributed by atoms with Crippen molar-refractivity contribution in [1.29, 1.82) is 0 Å². The van der Waals surface area contributed by atoms with Gasteiger partial charge in [-0.3, -0.25) is 0 Å². The van der Waals surface area contributed by atoms with E-state index in [0.29, 0.717) is 23.4 Å². The monoisotopic (exact) mass is 328 g/mol. The van der Waals surface area contributed by atoms with Crippen LogP contribution in [0.1, 0.15) is 50.9 Å². The largest absolute Gasteiger partial charge is 0.323 e. The molecule has 0 amide bonds. The second kappa shape index (κ2) is 5.44. The Labute approximate surface area is 134 Å². The van der Waals surface area contributed by atoms with Gasteiger partial charge in [-0.1, -0.05) is 25.4 Å². The van der Waals surface area contributed by atoms with E-state index < -0.39 is 5.82 Å². The van der Waals surface area contributed by atoms with Gasteiger partial charge in [0, 0.05) is 12.1 Å². The minimum Gasteiger partial charge on any atom is -0.323 e. The third-order valence-corrected chi connectivity index (χ3v) is 5.35. The summed E-state index contributed by atoms with van der Waals surface area (Å²) in [6.45, 7) is 6.45. The van der Waals surface area contributed by atoms with Gasteiger partial charge in [0.05, 0.1) is 21.4 Å². The number of rotatable bonds is 2. The van der Waals surface area contributed by atoms with Crippen LogP contribution in [0.2, 0.25) is 5.02 Å². The molecule has 0 aliphatic heterocycles. The minimum atomic E-state index is -0.435. The van der Waals surface area contributed by atoms with Crippen molar-refractivity contribution in [3.05, 3.63) is 28.8 Å². The molecule has 0 saturated heterocycles. The molecule has 1 aliphatic carbocycles. The van der Waals surface area contributed by atoms with E-state index in [-0.39, 0.29) is 10.4 Å². The number of hydrogen-bond donors (Lipinski definition) is 0. The van der Waals surface area contributed by atoms with Gasteiger partial charge in [-0.05, 0) is 37.7 Å². The topological polar surface area (TPSA) is 17.8 Å². The molecule has 4 atom stereocenters. The maximum atomic E-state index is 13.7. The van der Waals surface area contributed by atoms with E-state index in [0.717, 1.165) is 17.8 Å². The minimum absolute atomic E-state index is 0.135. The molecule has 0 radical (unpaired) electrons. The van der Waals surface area contributed by atoms with Crippen molar-refractivity contribution in [3.63, 3.8) is 0 Å². The maximum Gasteiger partial charge on any atom is 0.144 e. The number of hydrogen-bond acceptors (Lipinski definition) is 1. The van der Waals surface area contributed by atoms with Crippen molar-refractivity contribution in [2.75, 3.05) is 0 Å². The number of fused-ring (bicyclic) bond motifs is 1. The normalized spacial score (nSPS) is 27.4. The van der Waals surface area contributed by atoms with Crippen LogP contribution in [0.3, 0.4) is 0 Å². The zero-order valence-corrected chi connectivity index (χ0v) is 13.9. The molecule has 1 aliphatic rings. The van der Waals surface area contributed by atoms with Crippen LogP contribution in [0.25, 0.3) is 11.0 Å². The molecule has 1 aromatic carbocycles. The fourth-order valence-corrected chi connectivity index (χ4v) is 3.75. The summed E-state index contributed by atoms with van der Waals surface area (Å²) in [5.74, 6) is 1.58. The molecule has 1 saturated carbocycles. The van der Waals surface area contributed by atoms with E-state index in [1.54, 1.807) is 6.07 Å². The van der Waals surface area contributed by atoms with Crippen LogP contribution in [0.15, 0.2) is 12.1 Å². The Morgan fingerprint density at radius 1 is 1.33 bits per heavy atom. The van der Waals surface area contributed by atoms with Crippen LogP contribution in [0, 0.1) is 17.7 Å². The number of imidazole rings is 1. The molecule has 1 fully saturated rings. The molecule has 3 rings (SSSR count). The van der Waals surface area contributed by atoms with Crippen molar-refractivity contribution < 1.29 is 4.39 Å². The molecule has 0 spiro atoms. The molecule has 1 aromatic heterocycles. The lowest BCUT2D eigenvalue weighted by Gasteiger charge is -2.23. The molecule has 1 heterocycles. The van der Waals surface area contributed by atoms with Gasteiger partial charge in [-0.15, -0.1) is 11.6 Å². The highest BCUT2D eigenvalue weighted by Crippen LogP contribution is 2.43. The van der Waals surface area contributed by atoms with Crippen LogP contribution in [0.4, 0.5) is 4.39 Å². The average Bonchev–Trinajstić information content (AvgIpc) is 2.93. The predicted molar refractivity (Wildman–Crippen MR) is 85.6 cm³/mol. The highest BCUT2D eigenvalue weighted by atomic mass is 35.5. The smallest absolute Gasteiger partial charge is 0.144 e. The molecule has 114 valence electrons. The third-order valence-electron chi connectivity index (χ3n) is 4.87. The molecule has 5 heteroatoms. The maximum absolute atomic E-state index is 13.7. The van der Waals surface area contributed by atoms with Gasteiger partial charge >= 0.3 is 0 Å². The van der Waals surface area contributed by atoms with Gasteiger partial charge in [0.15, 0.2) is 0 Å². The number of aromatic nitrogens is 2. The Morgan fingerprint density at radius 3 is 2.62 bits per heavy atom. The van der Waals surface area contributed by atoms with E-state index in [4.69, 9.17) is 23.2 Å². The first-order valence-electron chi connectivity index (χ1n) is 7.41. The first-order chi connectivity index (χ1) is 9.90. The Bertz CT molecular complexity index is 680. The quantitative estimate of drug-likeness (QED) is 0.643. The number of alkyl halides is 1. The van der Waals surface area contributed by atoms with Crippen LogP contribution in [-0.4, -0.2) is 9.55 Å². The van der Waals surface area contributed by atoms with Crippen LogP contribution in [0.5, 0.6) is 0 Å². The molecule has 2 nitrogen and oxygen atoms in total. The molecule has 0 N–H and O–H groups in total. The molecular formula is C16H19Cl2FN2. The van der Waals surface area contributed by atoms with E-state index in [1.807, 2.05) is 6.92 Å². The number of benzene rings is 1. The lowest BCUT2D eigenvalue weighted by Crippen LogP contribution is -2.17. The Morgan fingerprint density at radius 2 is 2.05 bits per heavy atom. The summed E-state index contributed by atoms with van der Waals surface area (Å²) in [6, 6.07) is 3.43. The first kappa shape index (κ1) is 15.1. The van der Waals surface area contributed by atoms with Gasteiger partial charge in [-0.25, -0.2) is 9.37 Å². The van der Waals surface area contributed by atoms with E-state index in [9.17, 15) is 4.39 Å². The van der Waals surface area contributed by atoms with Gasteiger partial charge < -0.3 is 4.57 Å². The van der Waals surface area contributed by atoms with Gasteiger partial charge in [-0.2, -0.15) is 0 Å². The molecule has 4 unspecified atom stereocenters. The lowest BCUT2D eigenvalue weighted by molar-refractivity contribution is 0.352. The second-order valence-corrected chi connectivity index (χ2v) is 7.25. The predicted octanol–water partition coefficient (Wildman–Crippen LogP) is 5.74. The van der Waals surface area contributed by atoms with Crippen LogP contribution < -0.4 is 0 Å². The van der Waals surface area contributed by atoms with E-state index >= 15 is 0 Å². The molecule has 2 aromatic rings. The summed E-state index contributed by atoms with van der Waals surface area (Å²) in [5.41, 5.74) is 1.51. The van der Waals surface area contributed by atoms with Crippen molar-refractivity contribution in [2.45, 2.75) is 45.0 Å². The first-order valence-corrected chi connectivity index (χ1v) is 8.22. The standard InChI is InChI=1S/C16H19Cl2FN2/c1-8-4-5-14(9(8)2)21-15-6-11(18)12(19)7-13(15)20-16(21)10(3)17/h6-10,14H,4-5H2,1-3H3. The zero-order valence-electron chi connectivity index (χ0n) is 12.4. The zero-order chi connectivity index (χ0) is 15.3. The average molecular weight is 329 g/mol. The summed E-state index contributed by atoms with van der Waals surface area (Å²) in [6.07, 6.45) is 2.29. The summed E-state index contributed by atoms with van der Waals surface area (Å²) in [5, 5.41) is -0.0848. The Hall–Kier alpha value is -0.800. The lowest BCUT2D eigenvalue weighted by atomic mass is 9.97. The van der Waals surface area contributed by atoms with E-state index in [1.165, 1.54) is 12.5 Å². The highest BCUT2D eigenvalue weighted by molar-refractivity contribution is 6.31. The van der Waals surface area contributed by atoms with Gasteiger partial charge in [0.2, 0.25) is 0 Å². The van der Waals surface area contributed by atoms with Crippen LogP contribution >= 0.6 is 23.2 Å². The molecule has 0 bridgehead atoms. The second-order valence-electron chi connectivity index (χ2n) is 6.19. The summed E-state index contributed by atoms with van der Waals surface area (Å²) in [4.78, 5) is 4.55. The summed E-state index contributed by atoms with van der Waals surface area (Å²) < 4.78 is 15.9. The van der Waals surface area contributed by atoms with Gasteiger partial charge in [0.25, 0.3) is 0 Å². The van der Waals surface area contributed by atoms with E-state index in [2.05, 4.69) is 23.4 Å². The third kappa shape index (κ3) is 2.44. The fourth-order valence-electron chi connectivity index (χ4n) is 3.44. The van der Waals surface area contributed by atoms with Crippen molar-refractivity contribution >= 4 is 34.2 Å². The molecule has 21 heavy (non-hydrogen) atoms. The number of nitrogens with zero attached hydrogens (tertiary/aromatic N) is 2. The highest BCUT2D eigenvalue weighted by Gasteiger charge is 2.34. The van der Waals surface area contributed by atoms with Gasteiger partial charge in [0.1, 0.15) is 11.6 Å². The Balaban J connectivity index is 2.23. The molecular weight excluding hydrogens is 310 g/mol. The number of halogens is 3. The summed E-state index contributed by atoms with van der Waals surface area (Å²) in [7, 11) is 0. The van der Waals surface area contributed by atoms with Crippen molar-refractivity contribution in [1.82, 2.24) is 9.55 Å². The Kier molecular flexibility index (Phi) is 3.91. The fraction of sp³-hybridized carbons (Fsp3) is 0.562. The van der Waals surface area contributed by atoms with Crippen LogP contribution in [-0.2, 0) is 0 Å². The van der Waals surface area contributed by atoms with Crippen molar-refractivity contribution in [2.24, 2.45) is 11.8 Å². The SMILES string of the molecule is CC(Cl)c1nc2cc(F)c(Cl)cc2n1C1CCC(C)C1C. The van der Waals surface area contributed by atoms with Crippen molar-refractivity contribution in [3.8, 4) is 0 Å². The summed E-state index contributed by atoms with van der Waals surface area (Å²) >= 11 is 12.3.